The molecule has 0 aliphatic carbocycles. The zero-order valence-electron chi connectivity index (χ0n) is 9.88. The molecule has 2 aromatic rings. The van der Waals surface area contributed by atoms with Crippen LogP contribution in [-0.4, -0.2) is 5.91 Å². The van der Waals surface area contributed by atoms with E-state index in [1.165, 1.54) is 17.4 Å². The van der Waals surface area contributed by atoms with Crippen LogP contribution in [0.25, 0.3) is 0 Å². The van der Waals surface area contributed by atoms with Crippen molar-refractivity contribution in [1.29, 1.82) is 0 Å². The summed E-state index contributed by atoms with van der Waals surface area (Å²) in [5, 5.41) is 4.16. The molecule has 18 heavy (non-hydrogen) atoms. The number of carbonyl (C=O) groups is 1. The number of thiophene rings is 1. The first-order valence-corrected chi connectivity index (χ1v) is 6.18. The quantitative estimate of drug-likeness (QED) is 0.878. The number of hydrogen-bond acceptors (Lipinski definition) is 2. The van der Waals surface area contributed by atoms with Crippen LogP contribution in [0.1, 0.15) is 20.8 Å². The third-order valence-electron chi connectivity index (χ3n) is 2.71. The number of halogens is 2. The van der Waals surface area contributed by atoms with Crippen molar-refractivity contribution in [2.45, 2.75) is 13.8 Å². The number of benzene rings is 1. The third-order valence-corrected chi connectivity index (χ3v) is 3.72. The van der Waals surface area contributed by atoms with E-state index in [2.05, 4.69) is 5.32 Å². The molecule has 2 rings (SSSR count). The maximum atomic E-state index is 13.4. The Morgan fingerprint density at radius 1 is 1.28 bits per heavy atom. The van der Waals surface area contributed by atoms with E-state index in [0.29, 0.717) is 5.56 Å². The van der Waals surface area contributed by atoms with Gasteiger partial charge in [-0.3, -0.25) is 4.79 Å². The Morgan fingerprint density at radius 2 is 2.00 bits per heavy atom. The van der Waals surface area contributed by atoms with E-state index >= 15 is 0 Å². The molecule has 0 fully saturated rings. The molecule has 94 valence electrons. The van der Waals surface area contributed by atoms with E-state index in [0.717, 1.165) is 22.6 Å². The normalized spacial score (nSPS) is 10.4. The summed E-state index contributed by atoms with van der Waals surface area (Å²) < 4.78 is 26.1. The molecule has 0 saturated heterocycles. The molecule has 0 unspecified atom stereocenters. The Hall–Kier alpha value is -1.75. The maximum Gasteiger partial charge on any atom is 0.256 e. The minimum Gasteiger partial charge on any atom is -0.319 e. The van der Waals surface area contributed by atoms with Crippen molar-refractivity contribution in [3.63, 3.8) is 0 Å². The van der Waals surface area contributed by atoms with Gasteiger partial charge >= 0.3 is 0 Å². The molecular formula is C13H11F2NOS. The second kappa shape index (κ2) is 4.86. The second-order valence-corrected chi connectivity index (χ2v) is 4.99. The van der Waals surface area contributed by atoms with Gasteiger partial charge in [0.15, 0.2) is 0 Å². The fourth-order valence-corrected chi connectivity index (χ4v) is 2.38. The van der Waals surface area contributed by atoms with Crippen molar-refractivity contribution in [2.24, 2.45) is 0 Å². The summed E-state index contributed by atoms with van der Waals surface area (Å²) in [4.78, 5) is 13.0. The molecule has 1 aromatic heterocycles. The summed E-state index contributed by atoms with van der Waals surface area (Å²) >= 11 is 1.46. The molecule has 1 N–H and O–H groups in total. The number of rotatable bonds is 2. The van der Waals surface area contributed by atoms with Gasteiger partial charge in [0.05, 0.1) is 11.3 Å². The standard InChI is InChI=1S/C13H11F2NOS/c1-7-8(2)18-6-10(7)13(17)16-12-4-3-9(14)5-11(12)15/h3-6H,1-2H3,(H,16,17). The summed E-state index contributed by atoms with van der Waals surface area (Å²) in [7, 11) is 0. The Balaban J connectivity index is 2.24. The lowest BCUT2D eigenvalue weighted by molar-refractivity contribution is 0.102. The zero-order chi connectivity index (χ0) is 13.3. The average Bonchev–Trinajstić information content (AvgIpc) is 2.64. The van der Waals surface area contributed by atoms with Crippen LogP contribution in [0, 0.1) is 25.5 Å². The van der Waals surface area contributed by atoms with E-state index in [1.54, 1.807) is 5.38 Å². The lowest BCUT2D eigenvalue weighted by Gasteiger charge is -2.06. The van der Waals surface area contributed by atoms with Gasteiger partial charge in [0.1, 0.15) is 11.6 Å². The smallest absolute Gasteiger partial charge is 0.256 e. The molecular weight excluding hydrogens is 256 g/mol. The molecule has 0 spiro atoms. The molecule has 1 heterocycles. The molecule has 1 aromatic carbocycles. The molecule has 0 saturated carbocycles. The van der Waals surface area contributed by atoms with E-state index in [4.69, 9.17) is 0 Å². The molecule has 0 aliphatic rings. The van der Waals surface area contributed by atoms with Crippen LogP contribution in [0.5, 0.6) is 0 Å². The van der Waals surface area contributed by atoms with Crippen molar-refractivity contribution >= 4 is 22.9 Å². The highest BCUT2D eigenvalue weighted by atomic mass is 32.1. The monoisotopic (exact) mass is 267 g/mol. The Bertz CT molecular complexity index is 607. The second-order valence-electron chi connectivity index (χ2n) is 3.91. The Kier molecular flexibility index (Phi) is 3.43. The molecule has 2 nitrogen and oxygen atoms in total. The highest BCUT2D eigenvalue weighted by Gasteiger charge is 2.14. The van der Waals surface area contributed by atoms with Gasteiger partial charge in [-0.05, 0) is 31.5 Å². The number of carbonyl (C=O) groups excluding carboxylic acids is 1. The van der Waals surface area contributed by atoms with Crippen LogP contribution in [0.3, 0.4) is 0 Å². The molecule has 1 amide bonds. The van der Waals surface area contributed by atoms with Crippen LogP contribution >= 0.6 is 11.3 Å². The molecule has 0 aliphatic heterocycles. The van der Waals surface area contributed by atoms with Crippen LogP contribution in [-0.2, 0) is 0 Å². The van der Waals surface area contributed by atoms with Crippen LogP contribution < -0.4 is 5.32 Å². The topological polar surface area (TPSA) is 29.1 Å². The summed E-state index contributed by atoms with van der Waals surface area (Å²) in [6.45, 7) is 3.75. The lowest BCUT2D eigenvalue weighted by Crippen LogP contribution is -2.13. The first-order valence-electron chi connectivity index (χ1n) is 5.30. The van der Waals surface area contributed by atoms with Gasteiger partial charge in [-0.2, -0.15) is 0 Å². The summed E-state index contributed by atoms with van der Waals surface area (Å²) in [5.41, 5.74) is 1.37. The van der Waals surface area contributed by atoms with Gasteiger partial charge in [0.25, 0.3) is 5.91 Å². The van der Waals surface area contributed by atoms with Crippen molar-refractivity contribution in [2.75, 3.05) is 5.32 Å². The highest BCUT2D eigenvalue weighted by molar-refractivity contribution is 7.10. The van der Waals surface area contributed by atoms with Crippen LogP contribution in [0.2, 0.25) is 0 Å². The summed E-state index contributed by atoms with van der Waals surface area (Å²) in [5.74, 6) is -1.84. The maximum absolute atomic E-state index is 13.4. The van der Waals surface area contributed by atoms with Crippen molar-refractivity contribution in [3.8, 4) is 0 Å². The number of amides is 1. The number of aryl methyl sites for hydroxylation is 1. The fourth-order valence-electron chi connectivity index (χ4n) is 1.52. The zero-order valence-corrected chi connectivity index (χ0v) is 10.7. The Labute approximate surface area is 107 Å². The van der Waals surface area contributed by atoms with Crippen LogP contribution in [0.15, 0.2) is 23.6 Å². The number of hydrogen-bond donors (Lipinski definition) is 1. The number of nitrogens with one attached hydrogen (secondary N) is 1. The van der Waals surface area contributed by atoms with Gasteiger partial charge in [0.2, 0.25) is 0 Å². The van der Waals surface area contributed by atoms with Gasteiger partial charge < -0.3 is 5.32 Å². The van der Waals surface area contributed by atoms with Gasteiger partial charge in [-0.25, -0.2) is 8.78 Å². The molecule has 0 radical (unpaired) electrons. The third kappa shape index (κ3) is 2.41. The minimum atomic E-state index is -0.784. The van der Waals surface area contributed by atoms with Crippen molar-refractivity contribution < 1.29 is 13.6 Å². The van der Waals surface area contributed by atoms with Crippen molar-refractivity contribution in [3.05, 3.63) is 51.2 Å². The SMILES string of the molecule is Cc1scc(C(=O)Nc2ccc(F)cc2F)c1C. The van der Waals surface area contributed by atoms with Gasteiger partial charge in [-0.1, -0.05) is 0 Å². The molecule has 5 heteroatoms. The predicted molar refractivity (Wildman–Crippen MR) is 68.1 cm³/mol. The first kappa shape index (κ1) is 12.7. The van der Waals surface area contributed by atoms with E-state index in [-0.39, 0.29) is 11.6 Å². The Morgan fingerprint density at radius 3 is 2.56 bits per heavy atom. The van der Waals surface area contributed by atoms with Gasteiger partial charge in [-0.15, -0.1) is 11.3 Å². The van der Waals surface area contributed by atoms with Crippen LogP contribution in [0.4, 0.5) is 14.5 Å². The number of anilines is 1. The van der Waals surface area contributed by atoms with E-state index < -0.39 is 11.6 Å². The summed E-state index contributed by atoms with van der Waals surface area (Å²) in [6.07, 6.45) is 0. The minimum absolute atomic E-state index is 0.0235. The lowest BCUT2D eigenvalue weighted by atomic mass is 10.1. The summed E-state index contributed by atoms with van der Waals surface area (Å²) in [6, 6.07) is 3.04. The van der Waals surface area contributed by atoms with E-state index in [1.807, 2.05) is 13.8 Å². The highest BCUT2D eigenvalue weighted by Crippen LogP contribution is 2.22. The average molecular weight is 267 g/mol. The van der Waals surface area contributed by atoms with Gasteiger partial charge in [0, 0.05) is 16.3 Å². The molecule has 0 bridgehead atoms. The predicted octanol–water partition coefficient (Wildman–Crippen LogP) is 3.90. The first-order chi connectivity index (χ1) is 8.49. The largest absolute Gasteiger partial charge is 0.319 e. The fraction of sp³-hybridized carbons (Fsp3) is 0.154. The van der Waals surface area contributed by atoms with E-state index in [9.17, 15) is 13.6 Å². The molecule has 0 atom stereocenters. The van der Waals surface area contributed by atoms with Crippen molar-refractivity contribution in [1.82, 2.24) is 0 Å².